The lowest BCUT2D eigenvalue weighted by Gasteiger charge is -2.26. The molecule has 0 unspecified atom stereocenters. The molecule has 0 aliphatic heterocycles. The minimum Gasteiger partial charge on any atom is -0.299 e. The molecule has 7 nitrogen and oxygen atoms in total. The third kappa shape index (κ3) is 9.67. The van der Waals surface area contributed by atoms with Crippen LogP contribution in [0.1, 0.15) is 36.5 Å². The lowest BCUT2D eigenvalue weighted by Crippen LogP contribution is -2.36. The highest BCUT2D eigenvalue weighted by Gasteiger charge is 2.24. The molecule has 9 heteroatoms. The lowest BCUT2D eigenvalue weighted by molar-refractivity contribution is 0.250. The van der Waals surface area contributed by atoms with Crippen LogP contribution in [-0.2, 0) is 26.6 Å². The summed E-state index contributed by atoms with van der Waals surface area (Å²) in [7, 11) is -7.23. The number of hydrogen-bond donors (Lipinski definition) is 1. The second kappa shape index (κ2) is 14.7. The third-order valence-electron chi connectivity index (χ3n) is 6.48. The summed E-state index contributed by atoms with van der Waals surface area (Å²) in [6.07, 6.45) is 1.25. The summed E-state index contributed by atoms with van der Waals surface area (Å²) in [6.45, 7) is 12.5. The summed E-state index contributed by atoms with van der Waals surface area (Å²) in [5, 5.41) is 0. The molecule has 1 N–H and O–H groups in total. The van der Waals surface area contributed by atoms with E-state index in [-0.39, 0.29) is 16.3 Å². The fourth-order valence-corrected chi connectivity index (χ4v) is 7.12. The Morgan fingerprint density at radius 3 is 2.10 bits per heavy atom. The fraction of sp³-hybridized carbons (Fsp3) is 0.355. The van der Waals surface area contributed by atoms with Gasteiger partial charge in [0.2, 0.25) is 20.0 Å². The molecule has 0 fully saturated rings. The summed E-state index contributed by atoms with van der Waals surface area (Å²) in [5.41, 5.74) is 3.82. The van der Waals surface area contributed by atoms with Crippen molar-refractivity contribution in [3.63, 3.8) is 0 Å². The van der Waals surface area contributed by atoms with E-state index in [9.17, 15) is 16.8 Å². The Labute approximate surface area is 240 Å². The molecule has 0 saturated heterocycles. The highest BCUT2D eigenvalue weighted by Crippen LogP contribution is 2.18. The maximum atomic E-state index is 13.4. The van der Waals surface area contributed by atoms with Gasteiger partial charge in [-0.05, 0) is 82.1 Å². The van der Waals surface area contributed by atoms with E-state index in [0.717, 1.165) is 22.3 Å². The number of hydrogen-bond acceptors (Lipinski definition) is 5. The van der Waals surface area contributed by atoms with Crippen molar-refractivity contribution in [2.45, 2.75) is 49.9 Å². The van der Waals surface area contributed by atoms with Crippen LogP contribution in [-0.4, -0.2) is 58.8 Å². The lowest BCUT2D eigenvalue weighted by atomic mass is 10.2. The Hall–Kier alpha value is -2.82. The van der Waals surface area contributed by atoms with E-state index in [1.165, 1.54) is 4.31 Å². The smallest absolute Gasteiger partial charge is 0.243 e. The molecular weight excluding hydrogens is 542 g/mol. The second-order valence-electron chi connectivity index (χ2n) is 10.3. The zero-order valence-electron chi connectivity index (χ0n) is 23.7. The van der Waals surface area contributed by atoms with Gasteiger partial charge >= 0.3 is 0 Å². The van der Waals surface area contributed by atoms with Gasteiger partial charge < -0.3 is 0 Å². The highest BCUT2D eigenvalue weighted by atomic mass is 32.2. The molecule has 0 radical (unpaired) electrons. The Morgan fingerprint density at radius 1 is 0.775 bits per heavy atom. The van der Waals surface area contributed by atoms with E-state index in [1.54, 1.807) is 42.5 Å². The third-order valence-corrected chi connectivity index (χ3v) is 9.80. The molecule has 40 heavy (non-hydrogen) atoms. The van der Waals surface area contributed by atoms with Crippen molar-refractivity contribution in [3.8, 4) is 0 Å². The van der Waals surface area contributed by atoms with Gasteiger partial charge in [0.15, 0.2) is 0 Å². The molecular formula is C31H41N3O4S2. The van der Waals surface area contributed by atoms with Gasteiger partial charge in [-0.1, -0.05) is 72.3 Å². The number of rotatable bonds is 16. The van der Waals surface area contributed by atoms with Crippen molar-refractivity contribution >= 4 is 20.0 Å². The van der Waals surface area contributed by atoms with Gasteiger partial charge in [0.05, 0.1) is 9.79 Å². The molecule has 0 bridgehead atoms. The fourth-order valence-electron chi connectivity index (χ4n) is 4.40. The van der Waals surface area contributed by atoms with E-state index < -0.39 is 20.0 Å². The van der Waals surface area contributed by atoms with Gasteiger partial charge in [-0.3, -0.25) is 4.90 Å². The first-order valence-corrected chi connectivity index (χ1v) is 16.4. The van der Waals surface area contributed by atoms with Crippen LogP contribution in [0, 0.1) is 13.8 Å². The van der Waals surface area contributed by atoms with E-state index in [2.05, 4.69) is 28.3 Å². The number of nitrogens with one attached hydrogen (secondary N) is 1. The number of sulfonamides is 2. The Morgan fingerprint density at radius 2 is 1.45 bits per heavy atom. The van der Waals surface area contributed by atoms with Crippen LogP contribution in [0.3, 0.4) is 0 Å². The van der Waals surface area contributed by atoms with Crippen molar-refractivity contribution in [1.29, 1.82) is 0 Å². The maximum Gasteiger partial charge on any atom is 0.243 e. The number of benzene rings is 3. The zero-order chi connectivity index (χ0) is 29.2. The first-order chi connectivity index (χ1) is 19.0. The molecule has 3 aromatic rings. The van der Waals surface area contributed by atoms with Crippen LogP contribution in [0.4, 0.5) is 0 Å². The molecule has 0 heterocycles. The first kappa shape index (κ1) is 31.7. The van der Waals surface area contributed by atoms with Crippen molar-refractivity contribution in [2.75, 3.05) is 32.7 Å². The van der Waals surface area contributed by atoms with Gasteiger partial charge in [0, 0.05) is 26.2 Å². The zero-order valence-corrected chi connectivity index (χ0v) is 25.3. The van der Waals surface area contributed by atoms with Gasteiger partial charge in [0.1, 0.15) is 0 Å². The minimum absolute atomic E-state index is 0.260. The minimum atomic E-state index is -3.66. The average Bonchev–Trinajstić information content (AvgIpc) is 2.91. The van der Waals surface area contributed by atoms with Crippen LogP contribution in [0.2, 0.25) is 0 Å². The predicted octanol–water partition coefficient (Wildman–Crippen LogP) is 5.13. The quantitative estimate of drug-likeness (QED) is 0.187. The SMILES string of the molecule is C=C(C)CN(CCCN(CCCNS(=O)(=O)c1cccc(C)c1)Cc1ccccc1)S(=O)(=O)c1ccc(C)cc1. The highest BCUT2D eigenvalue weighted by molar-refractivity contribution is 7.89. The monoisotopic (exact) mass is 583 g/mol. The Balaban J connectivity index is 1.63. The van der Waals surface area contributed by atoms with Gasteiger partial charge in [-0.15, -0.1) is 0 Å². The Bertz CT molecular complexity index is 1460. The van der Waals surface area contributed by atoms with Crippen LogP contribution >= 0.6 is 0 Å². The molecule has 0 spiro atoms. The van der Waals surface area contributed by atoms with Gasteiger partial charge in [-0.25, -0.2) is 21.6 Å². The molecule has 3 aromatic carbocycles. The molecule has 0 atom stereocenters. The molecule has 0 aliphatic carbocycles. The van der Waals surface area contributed by atoms with E-state index in [0.29, 0.717) is 45.6 Å². The summed E-state index contributed by atoms with van der Waals surface area (Å²) in [6, 6.07) is 23.8. The summed E-state index contributed by atoms with van der Waals surface area (Å²) >= 11 is 0. The van der Waals surface area contributed by atoms with E-state index in [1.807, 2.05) is 45.0 Å². The standard InChI is InChI=1S/C31H41N3O4S2/c1-26(2)24-34(40(37,38)30-17-15-27(3)16-18-30)22-10-21-33(25-29-12-6-5-7-13-29)20-9-19-32-39(35,36)31-14-8-11-28(4)23-31/h5-8,11-18,23,32H,1,9-10,19-22,24-25H2,2-4H3. The van der Waals surface area contributed by atoms with Crippen molar-refractivity contribution in [3.05, 3.63) is 108 Å². The summed E-state index contributed by atoms with van der Waals surface area (Å²) < 4.78 is 56.4. The maximum absolute atomic E-state index is 13.4. The van der Waals surface area contributed by atoms with Crippen LogP contribution in [0.15, 0.2) is 101 Å². The van der Waals surface area contributed by atoms with Gasteiger partial charge in [0.25, 0.3) is 0 Å². The van der Waals surface area contributed by atoms with Gasteiger partial charge in [-0.2, -0.15) is 4.31 Å². The second-order valence-corrected chi connectivity index (χ2v) is 14.0. The Kier molecular flexibility index (Phi) is 11.7. The summed E-state index contributed by atoms with van der Waals surface area (Å²) in [5.74, 6) is 0. The van der Waals surface area contributed by atoms with Crippen molar-refractivity contribution in [2.24, 2.45) is 0 Å². The molecule has 216 valence electrons. The summed E-state index contributed by atoms with van der Waals surface area (Å²) in [4.78, 5) is 2.79. The number of nitrogens with zero attached hydrogens (tertiary/aromatic N) is 2. The topological polar surface area (TPSA) is 86.8 Å². The van der Waals surface area contributed by atoms with Crippen molar-refractivity contribution < 1.29 is 16.8 Å². The van der Waals surface area contributed by atoms with Crippen LogP contribution in [0.25, 0.3) is 0 Å². The van der Waals surface area contributed by atoms with E-state index in [4.69, 9.17) is 0 Å². The molecule has 0 aliphatic rings. The van der Waals surface area contributed by atoms with Crippen LogP contribution < -0.4 is 4.72 Å². The van der Waals surface area contributed by atoms with Crippen molar-refractivity contribution in [1.82, 2.24) is 13.9 Å². The largest absolute Gasteiger partial charge is 0.299 e. The molecule has 0 amide bonds. The average molecular weight is 584 g/mol. The number of aryl methyl sites for hydroxylation is 2. The molecule has 3 rings (SSSR count). The molecule has 0 aromatic heterocycles. The molecule has 0 saturated carbocycles. The van der Waals surface area contributed by atoms with Crippen LogP contribution in [0.5, 0.6) is 0 Å². The predicted molar refractivity (Wildman–Crippen MR) is 162 cm³/mol. The first-order valence-electron chi connectivity index (χ1n) is 13.5. The van der Waals surface area contributed by atoms with E-state index >= 15 is 0 Å². The normalized spacial score (nSPS) is 12.2.